The minimum Gasteiger partial charge on any atom is -0.397 e. The van der Waals surface area contributed by atoms with E-state index < -0.39 is 0 Å². The van der Waals surface area contributed by atoms with Gasteiger partial charge in [0.15, 0.2) is 5.69 Å². The molecule has 1 fully saturated rings. The van der Waals surface area contributed by atoms with Crippen LogP contribution in [-0.2, 0) is 4.84 Å². The molecule has 0 aliphatic carbocycles. The van der Waals surface area contributed by atoms with E-state index in [2.05, 4.69) is 4.98 Å². The van der Waals surface area contributed by atoms with E-state index in [1.54, 1.807) is 18.3 Å². The lowest BCUT2D eigenvalue weighted by Gasteiger charge is -2.25. The molecule has 2 rings (SSSR count). The smallest absolute Gasteiger partial charge is 0.298 e. The van der Waals surface area contributed by atoms with Crippen molar-refractivity contribution in [1.82, 2.24) is 10.0 Å². The fraction of sp³-hybridized carbons (Fsp3) is 0.400. The van der Waals surface area contributed by atoms with E-state index in [0.29, 0.717) is 18.8 Å². The number of hydroxylamine groups is 2. The van der Waals surface area contributed by atoms with Gasteiger partial charge in [-0.3, -0.25) is 9.63 Å². The fourth-order valence-electron chi connectivity index (χ4n) is 1.47. The van der Waals surface area contributed by atoms with Crippen molar-refractivity contribution in [2.24, 2.45) is 0 Å². The molecule has 0 saturated carbocycles. The summed E-state index contributed by atoms with van der Waals surface area (Å²) in [5.74, 6) is -0.257. The molecule has 0 aromatic carbocycles. The molecule has 1 aromatic heterocycles. The normalized spacial score (nSPS) is 16.4. The summed E-state index contributed by atoms with van der Waals surface area (Å²) in [5, 5.41) is 1.34. The lowest BCUT2D eigenvalue weighted by atomic mass is 10.2. The molecule has 5 heteroatoms. The number of pyridine rings is 1. The highest BCUT2D eigenvalue weighted by molar-refractivity contribution is 5.96. The molecular weight excluding hydrogens is 194 g/mol. The van der Waals surface area contributed by atoms with Gasteiger partial charge in [-0.2, -0.15) is 0 Å². The Bertz CT molecular complexity index is 361. The molecule has 1 saturated heterocycles. The number of amides is 1. The first-order chi connectivity index (χ1) is 7.29. The lowest BCUT2D eigenvalue weighted by molar-refractivity contribution is -0.144. The molecule has 1 aliphatic rings. The van der Waals surface area contributed by atoms with E-state index in [1.807, 2.05) is 0 Å². The number of aromatic nitrogens is 1. The molecule has 2 heterocycles. The van der Waals surface area contributed by atoms with Gasteiger partial charge in [0.2, 0.25) is 0 Å². The average molecular weight is 207 g/mol. The maximum atomic E-state index is 11.9. The SMILES string of the molecule is Nc1cccnc1C(=O)N1CCCCO1. The molecular formula is C10H13N3O2. The third-order valence-electron chi connectivity index (χ3n) is 2.27. The van der Waals surface area contributed by atoms with Gasteiger partial charge in [-0.15, -0.1) is 0 Å². The van der Waals surface area contributed by atoms with Crippen LogP contribution in [0.25, 0.3) is 0 Å². The summed E-state index contributed by atoms with van der Waals surface area (Å²) in [6, 6.07) is 3.35. The first-order valence-electron chi connectivity index (χ1n) is 4.94. The number of anilines is 1. The molecule has 1 aromatic rings. The van der Waals surface area contributed by atoms with E-state index in [1.165, 1.54) is 5.06 Å². The predicted octanol–water partition coefficient (Wildman–Crippen LogP) is 0.831. The number of nitrogens with zero attached hydrogens (tertiary/aromatic N) is 2. The Balaban J connectivity index is 2.16. The minimum absolute atomic E-state index is 0.257. The van der Waals surface area contributed by atoms with Gasteiger partial charge >= 0.3 is 0 Å². The molecule has 1 amide bonds. The third kappa shape index (κ3) is 2.07. The van der Waals surface area contributed by atoms with E-state index >= 15 is 0 Å². The highest BCUT2D eigenvalue weighted by Gasteiger charge is 2.21. The zero-order valence-corrected chi connectivity index (χ0v) is 8.35. The van der Waals surface area contributed by atoms with Crippen molar-refractivity contribution in [2.75, 3.05) is 18.9 Å². The summed E-state index contributed by atoms with van der Waals surface area (Å²) in [7, 11) is 0. The first-order valence-corrected chi connectivity index (χ1v) is 4.94. The van der Waals surface area contributed by atoms with E-state index in [0.717, 1.165) is 12.8 Å². The zero-order chi connectivity index (χ0) is 10.7. The first kappa shape index (κ1) is 9.92. The summed E-state index contributed by atoms with van der Waals surface area (Å²) in [6.45, 7) is 1.19. The van der Waals surface area contributed by atoms with Gasteiger partial charge < -0.3 is 5.73 Å². The molecule has 80 valence electrons. The summed E-state index contributed by atoms with van der Waals surface area (Å²) in [5.41, 5.74) is 6.31. The van der Waals surface area contributed by atoms with Crippen LogP contribution in [0.4, 0.5) is 5.69 Å². The van der Waals surface area contributed by atoms with Gasteiger partial charge in [-0.1, -0.05) is 0 Å². The van der Waals surface area contributed by atoms with Crippen LogP contribution in [-0.4, -0.2) is 29.1 Å². The highest BCUT2D eigenvalue weighted by Crippen LogP contribution is 2.14. The summed E-state index contributed by atoms with van der Waals surface area (Å²) < 4.78 is 0. The molecule has 0 radical (unpaired) electrons. The number of rotatable bonds is 1. The standard InChI is InChI=1S/C10H13N3O2/c11-8-4-3-5-12-9(8)10(14)13-6-1-2-7-15-13/h3-5H,1-2,6-7,11H2. The van der Waals surface area contributed by atoms with Crippen LogP contribution in [0.3, 0.4) is 0 Å². The molecule has 15 heavy (non-hydrogen) atoms. The molecule has 1 aliphatic heterocycles. The lowest BCUT2D eigenvalue weighted by Crippen LogP contribution is -2.36. The largest absolute Gasteiger partial charge is 0.397 e. The number of nitrogen functional groups attached to an aromatic ring is 1. The summed E-state index contributed by atoms with van der Waals surface area (Å²) >= 11 is 0. The number of carbonyl (C=O) groups excluding carboxylic acids is 1. The zero-order valence-electron chi connectivity index (χ0n) is 8.35. The average Bonchev–Trinajstić information content (AvgIpc) is 2.30. The molecule has 0 unspecified atom stereocenters. The molecule has 0 spiro atoms. The van der Waals surface area contributed by atoms with Crippen LogP contribution in [0.15, 0.2) is 18.3 Å². The van der Waals surface area contributed by atoms with Crippen molar-refractivity contribution in [3.05, 3.63) is 24.0 Å². The Morgan fingerprint density at radius 1 is 1.53 bits per heavy atom. The number of carbonyl (C=O) groups is 1. The van der Waals surface area contributed by atoms with E-state index in [4.69, 9.17) is 10.6 Å². The monoisotopic (exact) mass is 207 g/mol. The van der Waals surface area contributed by atoms with Crippen molar-refractivity contribution in [3.63, 3.8) is 0 Å². The quantitative estimate of drug-likeness (QED) is 0.740. The van der Waals surface area contributed by atoms with Crippen LogP contribution in [0.5, 0.6) is 0 Å². The molecule has 0 bridgehead atoms. The van der Waals surface area contributed by atoms with Crippen molar-refractivity contribution >= 4 is 11.6 Å². The minimum atomic E-state index is -0.257. The van der Waals surface area contributed by atoms with Gasteiger partial charge in [0.1, 0.15) is 0 Å². The van der Waals surface area contributed by atoms with Crippen LogP contribution in [0.2, 0.25) is 0 Å². The van der Waals surface area contributed by atoms with Gasteiger partial charge in [-0.25, -0.2) is 10.0 Å². The van der Waals surface area contributed by atoms with Crippen LogP contribution >= 0.6 is 0 Å². The molecule has 2 N–H and O–H groups in total. The van der Waals surface area contributed by atoms with Crippen LogP contribution < -0.4 is 5.73 Å². The van der Waals surface area contributed by atoms with Gasteiger partial charge in [-0.05, 0) is 25.0 Å². The maximum absolute atomic E-state index is 11.9. The van der Waals surface area contributed by atoms with Gasteiger partial charge in [0, 0.05) is 12.7 Å². The number of nitrogens with two attached hydrogens (primary N) is 1. The van der Waals surface area contributed by atoms with Gasteiger partial charge in [0.25, 0.3) is 5.91 Å². The Morgan fingerprint density at radius 3 is 3.07 bits per heavy atom. The molecule has 5 nitrogen and oxygen atoms in total. The van der Waals surface area contributed by atoms with Crippen molar-refractivity contribution in [1.29, 1.82) is 0 Å². The Hall–Kier alpha value is -1.62. The van der Waals surface area contributed by atoms with E-state index in [9.17, 15) is 4.79 Å². The number of hydrogen-bond acceptors (Lipinski definition) is 4. The maximum Gasteiger partial charge on any atom is 0.298 e. The highest BCUT2D eigenvalue weighted by atomic mass is 16.7. The predicted molar refractivity (Wildman–Crippen MR) is 54.9 cm³/mol. The Morgan fingerprint density at radius 2 is 2.40 bits per heavy atom. The topological polar surface area (TPSA) is 68.5 Å². The third-order valence-corrected chi connectivity index (χ3v) is 2.27. The summed E-state index contributed by atoms with van der Waals surface area (Å²) in [4.78, 5) is 21.1. The molecule has 0 atom stereocenters. The summed E-state index contributed by atoms with van der Waals surface area (Å²) in [6.07, 6.45) is 3.49. The second-order valence-corrected chi connectivity index (χ2v) is 3.39. The Labute approximate surface area is 87.8 Å². The second-order valence-electron chi connectivity index (χ2n) is 3.39. The van der Waals surface area contributed by atoms with Crippen LogP contribution in [0, 0.1) is 0 Å². The van der Waals surface area contributed by atoms with Crippen LogP contribution in [0.1, 0.15) is 23.3 Å². The van der Waals surface area contributed by atoms with Gasteiger partial charge in [0.05, 0.1) is 12.3 Å². The van der Waals surface area contributed by atoms with Crippen molar-refractivity contribution < 1.29 is 9.63 Å². The van der Waals surface area contributed by atoms with Crippen molar-refractivity contribution in [2.45, 2.75) is 12.8 Å². The Kier molecular flexibility index (Phi) is 2.82. The van der Waals surface area contributed by atoms with Crippen molar-refractivity contribution in [3.8, 4) is 0 Å². The number of hydrogen-bond donors (Lipinski definition) is 1. The van der Waals surface area contributed by atoms with E-state index in [-0.39, 0.29) is 11.6 Å². The second kappa shape index (κ2) is 4.27. The fourth-order valence-corrected chi connectivity index (χ4v) is 1.47.